The van der Waals surface area contributed by atoms with Crippen molar-refractivity contribution in [2.45, 2.75) is 13.5 Å². The molecule has 7 heteroatoms. The van der Waals surface area contributed by atoms with Crippen molar-refractivity contribution < 1.29 is 14.3 Å². The normalized spacial score (nSPS) is 12.5. The van der Waals surface area contributed by atoms with Gasteiger partial charge in [0.2, 0.25) is 6.79 Å². The Morgan fingerprint density at radius 1 is 1.41 bits per heavy atom. The molecule has 1 amide bonds. The van der Waals surface area contributed by atoms with Gasteiger partial charge in [-0.2, -0.15) is 5.10 Å². The van der Waals surface area contributed by atoms with Gasteiger partial charge in [0.05, 0.1) is 11.3 Å². The zero-order chi connectivity index (χ0) is 15.9. The molecule has 0 radical (unpaired) electrons. The van der Waals surface area contributed by atoms with Crippen LogP contribution in [0, 0.1) is 6.92 Å². The fourth-order valence-electron chi connectivity index (χ4n) is 2.45. The van der Waals surface area contributed by atoms with Gasteiger partial charge < -0.3 is 14.4 Å². The molecule has 0 spiro atoms. The second kappa shape index (κ2) is 5.53. The number of ether oxygens (including phenoxy) is 2. The predicted molar refractivity (Wildman–Crippen MR) is 81.3 cm³/mol. The summed E-state index contributed by atoms with van der Waals surface area (Å²) in [6.45, 7) is 2.45. The molecule has 0 saturated heterocycles. The Labute approximate surface area is 133 Å². The van der Waals surface area contributed by atoms with Crippen LogP contribution in [-0.4, -0.2) is 34.4 Å². The van der Waals surface area contributed by atoms with E-state index in [0.29, 0.717) is 28.7 Å². The van der Waals surface area contributed by atoms with Gasteiger partial charge >= 0.3 is 0 Å². The van der Waals surface area contributed by atoms with E-state index < -0.39 is 0 Å². The van der Waals surface area contributed by atoms with Crippen LogP contribution in [0.25, 0.3) is 0 Å². The SMILES string of the molecule is Cc1nn(C)c(Cl)c1C(=O)N(C)Cc1ccc2c(c1)OCO2. The Kier molecular flexibility index (Phi) is 3.70. The molecule has 116 valence electrons. The molecule has 1 aliphatic heterocycles. The van der Waals surface area contributed by atoms with E-state index in [1.807, 2.05) is 18.2 Å². The number of halogens is 1. The minimum absolute atomic E-state index is 0.159. The van der Waals surface area contributed by atoms with Crippen LogP contribution >= 0.6 is 11.6 Å². The summed E-state index contributed by atoms with van der Waals surface area (Å²) >= 11 is 6.15. The molecule has 0 aliphatic carbocycles. The van der Waals surface area contributed by atoms with Crippen LogP contribution in [0.5, 0.6) is 11.5 Å². The summed E-state index contributed by atoms with van der Waals surface area (Å²) in [5.41, 5.74) is 2.01. The first-order valence-corrected chi connectivity index (χ1v) is 7.18. The molecule has 0 atom stereocenters. The number of fused-ring (bicyclic) bond motifs is 1. The number of benzene rings is 1. The van der Waals surface area contributed by atoms with Gasteiger partial charge in [0, 0.05) is 20.6 Å². The molecule has 0 fully saturated rings. The maximum absolute atomic E-state index is 12.6. The Morgan fingerprint density at radius 3 is 2.82 bits per heavy atom. The number of aryl methyl sites for hydroxylation is 2. The van der Waals surface area contributed by atoms with E-state index in [9.17, 15) is 4.79 Å². The molecule has 1 aromatic carbocycles. The quantitative estimate of drug-likeness (QED) is 0.871. The number of amides is 1. The van der Waals surface area contributed by atoms with Gasteiger partial charge in [0.1, 0.15) is 5.15 Å². The lowest BCUT2D eigenvalue weighted by atomic mass is 10.1. The van der Waals surface area contributed by atoms with E-state index in [2.05, 4.69) is 5.10 Å². The highest BCUT2D eigenvalue weighted by atomic mass is 35.5. The predicted octanol–water partition coefficient (Wildman–Crippen LogP) is 2.38. The van der Waals surface area contributed by atoms with Crippen LogP contribution in [-0.2, 0) is 13.6 Å². The first-order chi connectivity index (χ1) is 10.5. The maximum atomic E-state index is 12.6. The summed E-state index contributed by atoms with van der Waals surface area (Å²) < 4.78 is 12.1. The lowest BCUT2D eigenvalue weighted by Gasteiger charge is -2.17. The third-order valence-corrected chi connectivity index (χ3v) is 4.00. The summed E-state index contributed by atoms with van der Waals surface area (Å²) in [4.78, 5) is 14.2. The Bertz CT molecular complexity index is 742. The molecule has 6 nitrogen and oxygen atoms in total. The van der Waals surface area contributed by atoms with Gasteiger partial charge in [-0.05, 0) is 24.6 Å². The first-order valence-electron chi connectivity index (χ1n) is 6.80. The topological polar surface area (TPSA) is 56.6 Å². The van der Waals surface area contributed by atoms with Gasteiger partial charge in [-0.3, -0.25) is 9.48 Å². The molecule has 0 N–H and O–H groups in total. The van der Waals surface area contributed by atoms with Crippen molar-refractivity contribution in [3.8, 4) is 11.5 Å². The number of nitrogens with zero attached hydrogens (tertiary/aromatic N) is 3. The Hall–Kier alpha value is -2.21. The van der Waals surface area contributed by atoms with E-state index >= 15 is 0 Å². The van der Waals surface area contributed by atoms with Gasteiger partial charge in [0.15, 0.2) is 11.5 Å². The average molecular weight is 322 g/mol. The minimum atomic E-state index is -0.159. The maximum Gasteiger partial charge on any atom is 0.258 e. The molecule has 0 saturated carbocycles. The molecule has 0 unspecified atom stereocenters. The molecule has 2 heterocycles. The number of carbonyl (C=O) groups excluding carboxylic acids is 1. The number of hydrogen-bond donors (Lipinski definition) is 0. The second-order valence-electron chi connectivity index (χ2n) is 5.22. The molecule has 1 aromatic heterocycles. The van der Waals surface area contributed by atoms with E-state index in [1.165, 1.54) is 4.68 Å². The van der Waals surface area contributed by atoms with Gasteiger partial charge in [-0.1, -0.05) is 17.7 Å². The summed E-state index contributed by atoms with van der Waals surface area (Å²) in [6.07, 6.45) is 0. The highest BCUT2D eigenvalue weighted by molar-refractivity contribution is 6.33. The van der Waals surface area contributed by atoms with Crippen molar-refractivity contribution in [3.05, 3.63) is 40.2 Å². The molecular weight excluding hydrogens is 306 g/mol. The fourth-order valence-corrected chi connectivity index (χ4v) is 2.70. The van der Waals surface area contributed by atoms with Crippen molar-refractivity contribution in [2.24, 2.45) is 7.05 Å². The monoisotopic (exact) mass is 321 g/mol. The first kappa shape index (κ1) is 14.7. The average Bonchev–Trinajstić information content (AvgIpc) is 3.03. The lowest BCUT2D eigenvalue weighted by molar-refractivity contribution is 0.0784. The molecule has 3 rings (SSSR count). The zero-order valence-corrected chi connectivity index (χ0v) is 13.3. The van der Waals surface area contributed by atoms with E-state index in [-0.39, 0.29) is 12.7 Å². The Morgan fingerprint density at radius 2 is 2.14 bits per heavy atom. The smallest absolute Gasteiger partial charge is 0.258 e. The molecule has 1 aliphatic rings. The van der Waals surface area contributed by atoms with E-state index in [4.69, 9.17) is 21.1 Å². The minimum Gasteiger partial charge on any atom is -0.454 e. The standard InChI is InChI=1S/C15H16ClN3O3/c1-9-13(14(16)19(3)17-9)15(20)18(2)7-10-4-5-11-12(6-10)22-8-21-11/h4-6H,7-8H2,1-3H3. The van der Waals surface area contributed by atoms with Crippen molar-refractivity contribution in [2.75, 3.05) is 13.8 Å². The molecule has 22 heavy (non-hydrogen) atoms. The number of rotatable bonds is 3. The van der Waals surface area contributed by atoms with Crippen LogP contribution < -0.4 is 9.47 Å². The highest BCUT2D eigenvalue weighted by Gasteiger charge is 2.22. The second-order valence-corrected chi connectivity index (χ2v) is 5.58. The third-order valence-electron chi connectivity index (χ3n) is 3.57. The van der Waals surface area contributed by atoms with Crippen LogP contribution in [0.15, 0.2) is 18.2 Å². The van der Waals surface area contributed by atoms with Crippen LogP contribution in [0.1, 0.15) is 21.6 Å². The van der Waals surface area contributed by atoms with Gasteiger partial charge in [-0.25, -0.2) is 0 Å². The van der Waals surface area contributed by atoms with Crippen molar-refractivity contribution >= 4 is 17.5 Å². The van der Waals surface area contributed by atoms with Gasteiger partial charge in [-0.15, -0.1) is 0 Å². The van der Waals surface area contributed by atoms with Crippen LogP contribution in [0.3, 0.4) is 0 Å². The van der Waals surface area contributed by atoms with Crippen LogP contribution in [0.2, 0.25) is 5.15 Å². The molecule has 2 aromatic rings. The molecule has 0 bridgehead atoms. The van der Waals surface area contributed by atoms with Crippen molar-refractivity contribution in [1.82, 2.24) is 14.7 Å². The summed E-state index contributed by atoms with van der Waals surface area (Å²) in [5, 5.41) is 4.52. The van der Waals surface area contributed by atoms with Gasteiger partial charge in [0.25, 0.3) is 5.91 Å². The largest absolute Gasteiger partial charge is 0.454 e. The fraction of sp³-hybridized carbons (Fsp3) is 0.333. The van der Waals surface area contributed by atoms with E-state index in [0.717, 1.165) is 11.3 Å². The van der Waals surface area contributed by atoms with E-state index in [1.54, 1.807) is 25.9 Å². The van der Waals surface area contributed by atoms with Crippen LogP contribution in [0.4, 0.5) is 0 Å². The highest BCUT2D eigenvalue weighted by Crippen LogP contribution is 2.33. The summed E-state index contributed by atoms with van der Waals surface area (Å²) in [6, 6.07) is 5.64. The lowest BCUT2D eigenvalue weighted by Crippen LogP contribution is -2.26. The molecular formula is C15H16ClN3O3. The van der Waals surface area contributed by atoms with Crippen molar-refractivity contribution in [3.63, 3.8) is 0 Å². The number of hydrogen-bond acceptors (Lipinski definition) is 4. The zero-order valence-electron chi connectivity index (χ0n) is 12.6. The summed E-state index contributed by atoms with van der Waals surface area (Å²) in [7, 11) is 3.44. The number of aromatic nitrogens is 2. The Balaban J connectivity index is 1.79. The summed E-state index contributed by atoms with van der Waals surface area (Å²) in [5.74, 6) is 1.27. The number of carbonyl (C=O) groups is 1. The third kappa shape index (κ3) is 2.50. The van der Waals surface area contributed by atoms with Crippen molar-refractivity contribution in [1.29, 1.82) is 0 Å².